The lowest BCUT2D eigenvalue weighted by Crippen LogP contribution is -2.19. The molecule has 1 heteroatoms. The molecule has 0 aliphatic carbocycles. The summed E-state index contributed by atoms with van der Waals surface area (Å²) in [4.78, 5) is 0. The predicted molar refractivity (Wildman–Crippen MR) is 41.2 cm³/mol. The Morgan fingerprint density at radius 2 is 1.89 bits per heavy atom. The molecule has 0 heterocycles. The highest BCUT2D eigenvalue weighted by Crippen LogP contribution is 2.06. The van der Waals surface area contributed by atoms with E-state index in [0.29, 0.717) is 0 Å². The summed E-state index contributed by atoms with van der Waals surface area (Å²) in [6.07, 6.45) is 6.13. The second kappa shape index (κ2) is 3.67. The van der Waals surface area contributed by atoms with E-state index in [1.54, 1.807) is 0 Å². The Kier molecular flexibility index (Phi) is 3.55. The highest BCUT2D eigenvalue weighted by molar-refractivity contribution is 4.88. The minimum Gasteiger partial charge on any atom is -0.251 e. The van der Waals surface area contributed by atoms with Gasteiger partial charge in [-0.05, 0) is 26.7 Å². The van der Waals surface area contributed by atoms with Gasteiger partial charge in [-0.15, -0.1) is 0 Å². The van der Waals surface area contributed by atoms with Crippen LogP contribution in [0.2, 0.25) is 0 Å². The van der Waals surface area contributed by atoms with Gasteiger partial charge in [0.1, 0.15) is 0 Å². The van der Waals surface area contributed by atoms with E-state index in [1.807, 2.05) is 13.8 Å². The molecule has 0 spiro atoms. The molecule has 0 atom stereocenters. The van der Waals surface area contributed by atoms with E-state index in [4.69, 9.17) is 5.73 Å². The second-order valence-electron chi connectivity index (χ2n) is 2.97. The van der Waals surface area contributed by atoms with Crippen molar-refractivity contribution in [2.75, 3.05) is 0 Å². The standard InChI is InChI=1S/C8H16N/c1-4-5-6-7-8(2,3)9/h5-6,9H,4,7H2,1-3H3/b6-5+. The quantitative estimate of drug-likeness (QED) is 0.518. The van der Waals surface area contributed by atoms with E-state index in [9.17, 15) is 0 Å². The summed E-state index contributed by atoms with van der Waals surface area (Å²) in [5, 5.41) is 0. The number of rotatable bonds is 3. The van der Waals surface area contributed by atoms with Gasteiger partial charge in [-0.25, -0.2) is 0 Å². The van der Waals surface area contributed by atoms with E-state index in [2.05, 4.69) is 19.1 Å². The van der Waals surface area contributed by atoms with Crippen molar-refractivity contribution in [3.63, 3.8) is 0 Å². The summed E-state index contributed by atoms with van der Waals surface area (Å²) in [6.45, 7) is 5.95. The molecule has 0 unspecified atom stereocenters. The van der Waals surface area contributed by atoms with E-state index >= 15 is 0 Å². The molecule has 0 aromatic carbocycles. The SMILES string of the molecule is CC/C=C/CC(C)(C)[NH]. The van der Waals surface area contributed by atoms with Crippen LogP contribution in [0.15, 0.2) is 12.2 Å². The van der Waals surface area contributed by atoms with Crippen LogP contribution < -0.4 is 5.73 Å². The van der Waals surface area contributed by atoms with Gasteiger partial charge < -0.3 is 0 Å². The van der Waals surface area contributed by atoms with Crippen molar-refractivity contribution in [2.45, 2.75) is 39.2 Å². The number of allylic oxidation sites excluding steroid dienone is 1. The van der Waals surface area contributed by atoms with Crippen LogP contribution in [-0.4, -0.2) is 5.54 Å². The van der Waals surface area contributed by atoms with Gasteiger partial charge in [-0.3, -0.25) is 5.73 Å². The van der Waals surface area contributed by atoms with Gasteiger partial charge in [0.15, 0.2) is 0 Å². The summed E-state index contributed by atoms with van der Waals surface area (Å²) >= 11 is 0. The topological polar surface area (TPSA) is 23.8 Å². The fraction of sp³-hybridized carbons (Fsp3) is 0.750. The zero-order valence-electron chi connectivity index (χ0n) is 6.57. The van der Waals surface area contributed by atoms with Crippen LogP contribution in [-0.2, 0) is 0 Å². The Labute approximate surface area is 57.9 Å². The molecule has 1 nitrogen and oxygen atoms in total. The first-order valence-corrected chi connectivity index (χ1v) is 3.46. The number of nitrogens with one attached hydrogen (secondary N) is 1. The van der Waals surface area contributed by atoms with Crippen LogP contribution in [0.5, 0.6) is 0 Å². The Morgan fingerprint density at radius 1 is 1.33 bits per heavy atom. The highest BCUT2D eigenvalue weighted by Gasteiger charge is 2.07. The fourth-order valence-electron chi connectivity index (χ4n) is 0.545. The summed E-state index contributed by atoms with van der Waals surface area (Å²) in [5.74, 6) is 0. The van der Waals surface area contributed by atoms with E-state index in [-0.39, 0.29) is 5.54 Å². The van der Waals surface area contributed by atoms with Gasteiger partial charge in [0.25, 0.3) is 0 Å². The first-order valence-electron chi connectivity index (χ1n) is 3.46. The van der Waals surface area contributed by atoms with Crippen LogP contribution in [0.4, 0.5) is 0 Å². The third-order valence-electron chi connectivity index (χ3n) is 1.03. The monoisotopic (exact) mass is 126 g/mol. The molecule has 9 heavy (non-hydrogen) atoms. The number of hydrogen-bond acceptors (Lipinski definition) is 0. The Bertz CT molecular complexity index is 87.2. The van der Waals surface area contributed by atoms with Gasteiger partial charge in [-0.1, -0.05) is 19.1 Å². The molecule has 0 aromatic heterocycles. The minimum atomic E-state index is -0.286. The van der Waals surface area contributed by atoms with Crippen LogP contribution in [0.3, 0.4) is 0 Å². The first-order chi connectivity index (χ1) is 4.06. The molecule has 53 valence electrons. The normalized spacial score (nSPS) is 12.9. The molecular weight excluding hydrogens is 110 g/mol. The van der Waals surface area contributed by atoms with Crippen molar-refractivity contribution in [3.05, 3.63) is 12.2 Å². The van der Waals surface area contributed by atoms with Crippen molar-refractivity contribution in [3.8, 4) is 0 Å². The molecular formula is C8H16N. The molecule has 1 radical (unpaired) electrons. The molecule has 0 aromatic rings. The van der Waals surface area contributed by atoms with Crippen molar-refractivity contribution in [1.29, 1.82) is 0 Å². The van der Waals surface area contributed by atoms with E-state index < -0.39 is 0 Å². The number of hydrogen-bond donors (Lipinski definition) is 0. The van der Waals surface area contributed by atoms with Gasteiger partial charge >= 0.3 is 0 Å². The molecule has 0 rings (SSSR count). The van der Waals surface area contributed by atoms with E-state index in [0.717, 1.165) is 12.8 Å². The van der Waals surface area contributed by atoms with Crippen molar-refractivity contribution >= 4 is 0 Å². The Balaban J connectivity index is 3.38. The van der Waals surface area contributed by atoms with Gasteiger partial charge in [0.05, 0.1) is 0 Å². The van der Waals surface area contributed by atoms with Gasteiger partial charge in [-0.2, -0.15) is 0 Å². The lowest BCUT2D eigenvalue weighted by atomic mass is 10.0. The molecule has 0 amide bonds. The van der Waals surface area contributed by atoms with Crippen molar-refractivity contribution < 1.29 is 0 Å². The summed E-state index contributed by atoms with van der Waals surface area (Å²) in [5.41, 5.74) is 7.17. The summed E-state index contributed by atoms with van der Waals surface area (Å²) < 4.78 is 0. The molecule has 1 N–H and O–H groups in total. The molecule has 0 bridgehead atoms. The van der Waals surface area contributed by atoms with Crippen molar-refractivity contribution in [1.82, 2.24) is 5.73 Å². The summed E-state index contributed by atoms with van der Waals surface area (Å²) in [6, 6.07) is 0. The Morgan fingerprint density at radius 3 is 2.22 bits per heavy atom. The summed E-state index contributed by atoms with van der Waals surface area (Å²) in [7, 11) is 0. The van der Waals surface area contributed by atoms with Crippen LogP contribution >= 0.6 is 0 Å². The Hall–Kier alpha value is -0.300. The third-order valence-corrected chi connectivity index (χ3v) is 1.03. The third kappa shape index (κ3) is 7.70. The maximum absolute atomic E-state index is 7.46. The van der Waals surface area contributed by atoms with Crippen LogP contribution in [0.1, 0.15) is 33.6 Å². The lowest BCUT2D eigenvalue weighted by molar-refractivity contribution is 0.507. The average molecular weight is 126 g/mol. The smallest absolute Gasteiger partial charge is 0.0302 e. The zero-order valence-corrected chi connectivity index (χ0v) is 6.57. The lowest BCUT2D eigenvalue weighted by Gasteiger charge is -2.12. The molecule has 0 aliphatic rings. The fourth-order valence-corrected chi connectivity index (χ4v) is 0.545. The van der Waals surface area contributed by atoms with Gasteiger partial charge in [0, 0.05) is 5.54 Å². The van der Waals surface area contributed by atoms with Gasteiger partial charge in [0.2, 0.25) is 0 Å². The first kappa shape index (κ1) is 8.70. The highest BCUT2D eigenvalue weighted by atomic mass is 14.7. The van der Waals surface area contributed by atoms with E-state index in [1.165, 1.54) is 0 Å². The van der Waals surface area contributed by atoms with Crippen LogP contribution in [0.25, 0.3) is 0 Å². The van der Waals surface area contributed by atoms with Crippen LogP contribution in [0, 0.1) is 0 Å². The molecule has 0 saturated heterocycles. The molecule has 0 aliphatic heterocycles. The molecule has 0 saturated carbocycles. The largest absolute Gasteiger partial charge is 0.251 e. The van der Waals surface area contributed by atoms with Crippen molar-refractivity contribution in [2.24, 2.45) is 0 Å². The minimum absolute atomic E-state index is 0.286. The maximum atomic E-state index is 7.46. The average Bonchev–Trinajstić information content (AvgIpc) is 1.63. The maximum Gasteiger partial charge on any atom is 0.0302 e. The zero-order chi connectivity index (χ0) is 7.33. The second-order valence-corrected chi connectivity index (χ2v) is 2.97. The predicted octanol–water partition coefficient (Wildman–Crippen LogP) is 2.40. The molecule has 0 fully saturated rings.